The maximum absolute atomic E-state index is 9.62. The molecule has 4 heteroatoms. The van der Waals surface area contributed by atoms with E-state index in [1.165, 1.54) is 6.20 Å². The second kappa shape index (κ2) is 3.34. The fourth-order valence-corrected chi connectivity index (χ4v) is 2.02. The molecule has 1 aliphatic rings. The number of rotatable bonds is 0. The number of nitrogens with zero attached hydrogens (tertiary/aromatic N) is 2. The van der Waals surface area contributed by atoms with Crippen molar-refractivity contribution >= 4 is 6.71 Å². The van der Waals surface area contributed by atoms with Gasteiger partial charge in [0.25, 0.3) is 6.71 Å². The second-order valence-corrected chi connectivity index (χ2v) is 3.75. The number of aromatic hydroxyl groups is 1. The lowest BCUT2D eigenvalue weighted by Gasteiger charge is -2.19. The molecule has 0 fully saturated rings. The molecule has 0 bridgehead atoms. The molecule has 2 rings (SSSR count). The van der Waals surface area contributed by atoms with E-state index in [-0.39, 0.29) is 12.5 Å². The Kier molecular flexibility index (Phi) is 2.16. The van der Waals surface area contributed by atoms with E-state index in [1.807, 2.05) is 6.92 Å². The molecule has 1 aromatic rings. The molecule has 0 saturated heterocycles. The molecule has 1 N–H and O–H groups in total. The maximum atomic E-state index is 9.62. The number of aromatic nitrogens is 1. The zero-order valence-corrected chi connectivity index (χ0v) is 8.12. The van der Waals surface area contributed by atoms with Crippen LogP contribution in [0.25, 0.3) is 0 Å². The van der Waals surface area contributed by atoms with Crippen LogP contribution in [0, 0.1) is 18.2 Å². The molecule has 0 unspecified atom stereocenters. The van der Waals surface area contributed by atoms with E-state index in [0.717, 1.165) is 29.6 Å². The van der Waals surface area contributed by atoms with Crippen LogP contribution in [0.3, 0.4) is 0 Å². The molecule has 0 spiro atoms. The molecule has 70 valence electrons. The van der Waals surface area contributed by atoms with Crippen LogP contribution in [0.4, 0.5) is 0 Å². The van der Waals surface area contributed by atoms with Crippen LogP contribution in [0.1, 0.15) is 16.8 Å². The van der Waals surface area contributed by atoms with Crippen molar-refractivity contribution in [3.8, 4) is 11.7 Å². The molecule has 1 aromatic heterocycles. The van der Waals surface area contributed by atoms with E-state index in [0.29, 0.717) is 6.32 Å². The Labute approximate surface area is 83.5 Å². The highest BCUT2D eigenvalue weighted by molar-refractivity contribution is 6.66. The SMILES string of the molecule is Cc1ncc(O)c2c1CCB(C#N)C2. The number of aryl methyl sites for hydroxylation is 1. The number of hydrogen-bond acceptors (Lipinski definition) is 3. The predicted octanol–water partition coefficient (Wildman–Crippen LogP) is 1.29. The summed E-state index contributed by atoms with van der Waals surface area (Å²) >= 11 is 0. The standard InChI is InChI=1S/C10H11BN2O/c1-7-8-2-3-11(6-12)4-9(8)10(14)5-13-7/h5,14H,2-4H2,1H3. The zero-order chi connectivity index (χ0) is 10.1. The van der Waals surface area contributed by atoms with Gasteiger partial charge in [-0.15, -0.1) is 0 Å². The average molecular weight is 186 g/mol. The number of fused-ring (bicyclic) bond motifs is 1. The average Bonchev–Trinajstić information content (AvgIpc) is 2.23. The summed E-state index contributed by atoms with van der Waals surface area (Å²) in [4.78, 5) is 4.11. The molecule has 2 heterocycles. The number of pyridine rings is 1. The predicted molar refractivity (Wildman–Crippen MR) is 54.2 cm³/mol. The molecular weight excluding hydrogens is 175 g/mol. The van der Waals surface area contributed by atoms with Gasteiger partial charge in [-0.1, -0.05) is 6.32 Å². The first-order chi connectivity index (χ1) is 6.72. The zero-order valence-electron chi connectivity index (χ0n) is 8.12. The molecule has 0 atom stereocenters. The molecule has 0 aromatic carbocycles. The van der Waals surface area contributed by atoms with Gasteiger partial charge in [0.05, 0.1) is 6.20 Å². The number of nitriles is 1. The van der Waals surface area contributed by atoms with Gasteiger partial charge in [0, 0.05) is 11.7 Å². The quantitative estimate of drug-likeness (QED) is 0.621. The third-order valence-corrected chi connectivity index (χ3v) is 2.87. The van der Waals surface area contributed by atoms with E-state index in [4.69, 9.17) is 5.26 Å². The summed E-state index contributed by atoms with van der Waals surface area (Å²) in [5.41, 5.74) is 3.04. The Hall–Kier alpha value is -1.50. The van der Waals surface area contributed by atoms with Gasteiger partial charge in [-0.3, -0.25) is 4.98 Å². The fourth-order valence-electron chi connectivity index (χ4n) is 2.02. The van der Waals surface area contributed by atoms with Crippen LogP contribution in [0.5, 0.6) is 5.75 Å². The van der Waals surface area contributed by atoms with Crippen LogP contribution >= 0.6 is 0 Å². The van der Waals surface area contributed by atoms with Crippen molar-refractivity contribution < 1.29 is 5.11 Å². The second-order valence-electron chi connectivity index (χ2n) is 3.75. The highest BCUT2D eigenvalue weighted by Crippen LogP contribution is 2.29. The summed E-state index contributed by atoms with van der Waals surface area (Å²) in [5.74, 6) is 2.50. The third-order valence-electron chi connectivity index (χ3n) is 2.87. The molecular formula is C10H11BN2O. The minimum atomic E-state index is 0.0511. The maximum Gasteiger partial charge on any atom is 0.272 e. The largest absolute Gasteiger partial charge is 0.506 e. The van der Waals surface area contributed by atoms with Crippen molar-refractivity contribution in [3.05, 3.63) is 23.0 Å². The van der Waals surface area contributed by atoms with E-state index in [2.05, 4.69) is 11.0 Å². The fraction of sp³-hybridized carbons (Fsp3) is 0.400. The molecule has 0 amide bonds. The van der Waals surface area contributed by atoms with Gasteiger partial charge in [-0.2, -0.15) is 0 Å². The molecule has 0 saturated carbocycles. The van der Waals surface area contributed by atoms with E-state index in [1.54, 1.807) is 0 Å². The smallest absolute Gasteiger partial charge is 0.272 e. The summed E-state index contributed by atoms with van der Waals surface area (Å²) in [5, 5.41) is 18.5. The van der Waals surface area contributed by atoms with Crippen molar-refractivity contribution in [2.75, 3.05) is 0 Å². The summed E-state index contributed by atoms with van der Waals surface area (Å²) in [6, 6.07) is 0. The van der Waals surface area contributed by atoms with Crippen molar-refractivity contribution in [3.63, 3.8) is 0 Å². The Bertz CT molecular complexity index is 411. The van der Waals surface area contributed by atoms with Gasteiger partial charge in [-0.25, -0.2) is 5.26 Å². The monoisotopic (exact) mass is 186 g/mol. The van der Waals surface area contributed by atoms with Gasteiger partial charge < -0.3 is 5.11 Å². The molecule has 14 heavy (non-hydrogen) atoms. The van der Waals surface area contributed by atoms with E-state index >= 15 is 0 Å². The first kappa shape index (κ1) is 9.08. The first-order valence-electron chi connectivity index (χ1n) is 4.78. The van der Waals surface area contributed by atoms with Crippen molar-refractivity contribution in [2.45, 2.75) is 26.0 Å². The first-order valence-corrected chi connectivity index (χ1v) is 4.78. The normalized spacial score (nSPS) is 14.7. The van der Waals surface area contributed by atoms with E-state index < -0.39 is 0 Å². The molecule has 0 aliphatic carbocycles. The Morgan fingerprint density at radius 1 is 1.57 bits per heavy atom. The van der Waals surface area contributed by atoms with Gasteiger partial charge in [0.1, 0.15) is 5.75 Å². The molecule has 0 radical (unpaired) electrons. The van der Waals surface area contributed by atoms with E-state index in [9.17, 15) is 5.11 Å². The Morgan fingerprint density at radius 3 is 3.07 bits per heavy atom. The van der Waals surface area contributed by atoms with Crippen LogP contribution in [0.15, 0.2) is 6.20 Å². The lowest BCUT2D eigenvalue weighted by molar-refractivity contribution is 0.465. The minimum absolute atomic E-state index is 0.0511. The van der Waals surface area contributed by atoms with Crippen molar-refractivity contribution in [2.24, 2.45) is 0 Å². The van der Waals surface area contributed by atoms with Crippen molar-refractivity contribution in [1.29, 1.82) is 5.26 Å². The number of hydrogen-bond donors (Lipinski definition) is 1. The van der Waals surface area contributed by atoms with Crippen molar-refractivity contribution in [1.82, 2.24) is 4.98 Å². The van der Waals surface area contributed by atoms with Crippen LogP contribution in [-0.2, 0) is 12.7 Å². The third kappa shape index (κ3) is 1.35. The highest BCUT2D eigenvalue weighted by atomic mass is 16.3. The summed E-state index contributed by atoms with van der Waals surface area (Å²) in [6.07, 6.45) is 3.89. The van der Waals surface area contributed by atoms with Gasteiger partial charge in [0.15, 0.2) is 0 Å². The Morgan fingerprint density at radius 2 is 2.36 bits per heavy atom. The van der Waals surface area contributed by atoms with Gasteiger partial charge in [0.2, 0.25) is 0 Å². The summed E-state index contributed by atoms with van der Waals surface area (Å²) in [7, 11) is 0. The lowest BCUT2D eigenvalue weighted by Crippen LogP contribution is -2.22. The van der Waals surface area contributed by atoms with Crippen LogP contribution in [-0.4, -0.2) is 16.8 Å². The van der Waals surface area contributed by atoms with Gasteiger partial charge >= 0.3 is 0 Å². The minimum Gasteiger partial charge on any atom is -0.506 e. The topological polar surface area (TPSA) is 56.9 Å². The lowest BCUT2D eigenvalue weighted by atomic mass is 9.42. The highest BCUT2D eigenvalue weighted by Gasteiger charge is 2.25. The Balaban J connectivity index is 2.46. The molecule has 1 aliphatic heterocycles. The van der Waals surface area contributed by atoms with Crippen LogP contribution < -0.4 is 0 Å². The molecule has 3 nitrogen and oxygen atoms in total. The summed E-state index contributed by atoms with van der Waals surface area (Å²) < 4.78 is 0. The van der Waals surface area contributed by atoms with Gasteiger partial charge in [-0.05, 0) is 30.8 Å². The van der Waals surface area contributed by atoms with Crippen LogP contribution in [0.2, 0.25) is 6.32 Å². The summed E-state index contributed by atoms with van der Waals surface area (Å²) in [6.45, 7) is 2.00.